The van der Waals surface area contributed by atoms with Crippen LogP contribution >= 0.6 is 0 Å². The van der Waals surface area contributed by atoms with E-state index in [2.05, 4.69) is 35.6 Å². The summed E-state index contributed by atoms with van der Waals surface area (Å²) in [6, 6.07) is 11.3. The van der Waals surface area contributed by atoms with E-state index < -0.39 is 0 Å². The molecule has 1 aliphatic heterocycles. The second-order valence-electron chi connectivity index (χ2n) is 7.99. The fourth-order valence-corrected chi connectivity index (χ4v) is 4.46. The molecule has 0 radical (unpaired) electrons. The van der Waals surface area contributed by atoms with Crippen molar-refractivity contribution in [3.05, 3.63) is 35.9 Å². The molecule has 148 valence electrons. The molecule has 2 aliphatic rings. The van der Waals surface area contributed by atoms with Gasteiger partial charge in [-0.25, -0.2) is 4.79 Å². The lowest BCUT2D eigenvalue weighted by molar-refractivity contribution is -0.132. The maximum atomic E-state index is 12.7. The summed E-state index contributed by atoms with van der Waals surface area (Å²) in [5.74, 6) is 0.841. The van der Waals surface area contributed by atoms with Crippen molar-refractivity contribution >= 4 is 11.9 Å². The molecule has 1 aromatic rings. The predicted molar refractivity (Wildman–Crippen MR) is 108 cm³/mol. The second-order valence-corrected chi connectivity index (χ2v) is 7.99. The molecule has 2 fully saturated rings. The molecule has 1 heterocycles. The van der Waals surface area contributed by atoms with Crippen LogP contribution in [0.15, 0.2) is 30.3 Å². The van der Waals surface area contributed by atoms with Gasteiger partial charge in [-0.05, 0) is 50.0 Å². The quantitative estimate of drug-likeness (QED) is 0.876. The van der Waals surface area contributed by atoms with Crippen LogP contribution in [0.25, 0.3) is 0 Å². The number of amides is 3. The van der Waals surface area contributed by atoms with Crippen LogP contribution in [-0.4, -0.2) is 54.0 Å². The Kier molecular flexibility index (Phi) is 6.75. The standard InChI is InChI=1S/C22H33N3O2/c1-3-21(26)25-15-13-20(14-16-25)24(2)22(27)23-19-11-9-18(10-12-19)17-7-5-4-6-8-17/h4-8,18-20H,3,9-16H2,1-2H3,(H,23,27). The van der Waals surface area contributed by atoms with Gasteiger partial charge in [-0.3, -0.25) is 4.79 Å². The lowest BCUT2D eigenvalue weighted by Crippen LogP contribution is -2.51. The van der Waals surface area contributed by atoms with Crippen molar-refractivity contribution in [2.45, 2.75) is 69.9 Å². The van der Waals surface area contributed by atoms with Crippen LogP contribution < -0.4 is 5.32 Å². The zero-order valence-electron chi connectivity index (χ0n) is 16.7. The third-order valence-corrected chi connectivity index (χ3v) is 6.31. The summed E-state index contributed by atoms with van der Waals surface area (Å²) in [6.45, 7) is 3.43. The maximum absolute atomic E-state index is 12.7. The normalized spacial score (nSPS) is 23.7. The first-order valence-corrected chi connectivity index (χ1v) is 10.4. The monoisotopic (exact) mass is 371 g/mol. The lowest BCUT2D eigenvalue weighted by Gasteiger charge is -2.38. The van der Waals surface area contributed by atoms with E-state index >= 15 is 0 Å². The van der Waals surface area contributed by atoms with Crippen LogP contribution in [0.2, 0.25) is 0 Å². The minimum Gasteiger partial charge on any atom is -0.343 e. The van der Waals surface area contributed by atoms with Crippen LogP contribution in [0.1, 0.15) is 63.4 Å². The molecule has 3 rings (SSSR count). The van der Waals surface area contributed by atoms with E-state index in [9.17, 15) is 9.59 Å². The predicted octanol–water partition coefficient (Wildman–Crippen LogP) is 3.76. The highest BCUT2D eigenvalue weighted by Gasteiger charge is 2.29. The van der Waals surface area contributed by atoms with E-state index in [1.54, 1.807) is 0 Å². The summed E-state index contributed by atoms with van der Waals surface area (Å²) < 4.78 is 0. The molecule has 0 bridgehead atoms. The van der Waals surface area contributed by atoms with E-state index in [1.165, 1.54) is 5.56 Å². The number of benzene rings is 1. The first-order valence-electron chi connectivity index (χ1n) is 10.4. The van der Waals surface area contributed by atoms with Gasteiger partial charge in [0.2, 0.25) is 5.91 Å². The lowest BCUT2D eigenvalue weighted by atomic mass is 9.82. The fourth-order valence-electron chi connectivity index (χ4n) is 4.46. The summed E-state index contributed by atoms with van der Waals surface area (Å²) in [6.07, 6.45) is 6.66. The van der Waals surface area contributed by atoms with Gasteiger partial charge in [0.1, 0.15) is 0 Å². The fraction of sp³-hybridized carbons (Fsp3) is 0.636. The van der Waals surface area contributed by atoms with E-state index in [0.29, 0.717) is 12.3 Å². The number of nitrogens with one attached hydrogen (secondary N) is 1. The van der Waals surface area contributed by atoms with Crippen LogP contribution in [-0.2, 0) is 4.79 Å². The zero-order valence-corrected chi connectivity index (χ0v) is 16.7. The van der Waals surface area contributed by atoms with E-state index in [1.807, 2.05) is 23.8 Å². The van der Waals surface area contributed by atoms with Gasteiger partial charge in [0.25, 0.3) is 0 Å². The molecule has 0 aromatic heterocycles. The van der Waals surface area contributed by atoms with Gasteiger partial charge in [-0.1, -0.05) is 37.3 Å². The number of hydrogen-bond donors (Lipinski definition) is 1. The summed E-state index contributed by atoms with van der Waals surface area (Å²) >= 11 is 0. The Hall–Kier alpha value is -2.04. The Balaban J connectivity index is 1.42. The van der Waals surface area contributed by atoms with Gasteiger partial charge < -0.3 is 15.1 Å². The third kappa shape index (κ3) is 5.02. The number of hydrogen-bond acceptors (Lipinski definition) is 2. The number of urea groups is 1. The van der Waals surface area contributed by atoms with Gasteiger partial charge in [-0.2, -0.15) is 0 Å². The molecule has 27 heavy (non-hydrogen) atoms. The van der Waals surface area contributed by atoms with Crippen molar-refractivity contribution in [3.63, 3.8) is 0 Å². The van der Waals surface area contributed by atoms with E-state index in [4.69, 9.17) is 0 Å². The zero-order chi connectivity index (χ0) is 19.2. The van der Waals surface area contributed by atoms with Crippen LogP contribution in [0.3, 0.4) is 0 Å². The largest absolute Gasteiger partial charge is 0.343 e. The Bertz CT molecular complexity index is 618. The Morgan fingerprint density at radius 2 is 1.67 bits per heavy atom. The number of piperidine rings is 1. The van der Waals surface area contributed by atoms with E-state index in [0.717, 1.165) is 51.6 Å². The van der Waals surface area contributed by atoms with Gasteiger partial charge in [0, 0.05) is 38.6 Å². The average Bonchev–Trinajstić information content (AvgIpc) is 2.74. The first-order chi connectivity index (χ1) is 13.1. The summed E-state index contributed by atoms with van der Waals surface area (Å²) in [7, 11) is 1.90. The minimum atomic E-state index is 0.0402. The molecule has 0 unspecified atom stereocenters. The van der Waals surface area contributed by atoms with Crippen LogP contribution in [0.4, 0.5) is 4.79 Å². The van der Waals surface area contributed by atoms with Gasteiger partial charge >= 0.3 is 6.03 Å². The first kappa shape index (κ1) is 19.7. The Morgan fingerprint density at radius 3 is 2.26 bits per heavy atom. The maximum Gasteiger partial charge on any atom is 0.317 e. The van der Waals surface area contributed by atoms with Crippen molar-refractivity contribution in [3.8, 4) is 0 Å². The molecular weight excluding hydrogens is 338 g/mol. The molecule has 1 aromatic carbocycles. The van der Waals surface area contributed by atoms with Crippen molar-refractivity contribution in [2.75, 3.05) is 20.1 Å². The van der Waals surface area contributed by atoms with Crippen LogP contribution in [0.5, 0.6) is 0 Å². The Labute approximate surface area is 163 Å². The SMILES string of the molecule is CCC(=O)N1CCC(N(C)C(=O)NC2CCC(c3ccccc3)CC2)CC1. The van der Waals surface area contributed by atoms with Crippen molar-refractivity contribution in [1.82, 2.24) is 15.1 Å². The number of likely N-dealkylation sites (tertiary alicyclic amines) is 1. The molecule has 0 atom stereocenters. The number of carbonyl (C=O) groups is 2. The minimum absolute atomic E-state index is 0.0402. The topological polar surface area (TPSA) is 52.7 Å². The highest BCUT2D eigenvalue weighted by molar-refractivity contribution is 5.76. The average molecular weight is 372 g/mol. The molecule has 5 heteroatoms. The summed E-state index contributed by atoms with van der Waals surface area (Å²) in [4.78, 5) is 28.3. The Morgan fingerprint density at radius 1 is 1.04 bits per heavy atom. The number of carbonyl (C=O) groups excluding carboxylic acids is 2. The summed E-state index contributed by atoms with van der Waals surface area (Å²) in [5, 5.41) is 3.24. The second kappa shape index (κ2) is 9.25. The molecule has 5 nitrogen and oxygen atoms in total. The van der Waals surface area contributed by atoms with Crippen molar-refractivity contribution < 1.29 is 9.59 Å². The number of rotatable bonds is 4. The number of nitrogens with zero attached hydrogens (tertiary/aromatic N) is 2. The van der Waals surface area contributed by atoms with Gasteiger partial charge in [0.05, 0.1) is 0 Å². The van der Waals surface area contributed by atoms with Gasteiger partial charge in [-0.15, -0.1) is 0 Å². The van der Waals surface area contributed by atoms with E-state index in [-0.39, 0.29) is 24.0 Å². The molecule has 1 N–H and O–H groups in total. The summed E-state index contributed by atoms with van der Waals surface area (Å²) in [5.41, 5.74) is 1.42. The highest BCUT2D eigenvalue weighted by Crippen LogP contribution is 2.32. The van der Waals surface area contributed by atoms with Crippen molar-refractivity contribution in [2.24, 2.45) is 0 Å². The molecule has 1 saturated heterocycles. The highest BCUT2D eigenvalue weighted by atomic mass is 16.2. The molecule has 3 amide bonds. The molecule has 1 aliphatic carbocycles. The molecule has 1 saturated carbocycles. The molecule has 0 spiro atoms. The third-order valence-electron chi connectivity index (χ3n) is 6.31. The smallest absolute Gasteiger partial charge is 0.317 e. The van der Waals surface area contributed by atoms with Crippen molar-refractivity contribution in [1.29, 1.82) is 0 Å². The van der Waals surface area contributed by atoms with Gasteiger partial charge in [0.15, 0.2) is 0 Å². The molecular formula is C22H33N3O2. The van der Waals surface area contributed by atoms with Crippen LogP contribution in [0, 0.1) is 0 Å².